The van der Waals surface area contributed by atoms with Crippen molar-refractivity contribution in [2.24, 2.45) is 11.3 Å². The van der Waals surface area contributed by atoms with E-state index in [2.05, 4.69) is 47.3 Å². The third kappa shape index (κ3) is 6.31. The largest absolute Gasteiger partial charge is 0.475 e. The maximum absolute atomic E-state index is 14.4. The first-order chi connectivity index (χ1) is 21.3. The lowest BCUT2D eigenvalue weighted by molar-refractivity contribution is -0.0200. The first-order valence-corrected chi connectivity index (χ1v) is 17.6. The lowest BCUT2D eigenvalue weighted by Crippen LogP contribution is -2.58. The summed E-state index contributed by atoms with van der Waals surface area (Å²) < 4.78 is 36.3. The third-order valence-corrected chi connectivity index (χ3v) is 11.1. The summed E-state index contributed by atoms with van der Waals surface area (Å²) in [6.45, 7) is 15.2. The molecule has 4 bridgehead atoms. The van der Waals surface area contributed by atoms with Gasteiger partial charge in [0.15, 0.2) is 0 Å². The van der Waals surface area contributed by atoms with Gasteiger partial charge >= 0.3 is 0 Å². The summed E-state index contributed by atoms with van der Waals surface area (Å²) in [7, 11) is -4.10. The van der Waals surface area contributed by atoms with E-state index in [0.29, 0.717) is 23.2 Å². The summed E-state index contributed by atoms with van der Waals surface area (Å²) in [5.41, 5.74) is 4.06. The zero-order valence-corrected chi connectivity index (χ0v) is 28.0. The van der Waals surface area contributed by atoms with Crippen LogP contribution in [0.15, 0.2) is 53.4 Å². The zero-order valence-electron chi connectivity index (χ0n) is 27.2. The van der Waals surface area contributed by atoms with Gasteiger partial charge < -0.3 is 14.5 Å². The lowest BCUT2D eigenvalue weighted by atomic mass is 9.64. The number of aromatic nitrogens is 2. The average Bonchev–Trinajstić information content (AvgIpc) is 3.41. The van der Waals surface area contributed by atoms with E-state index in [-0.39, 0.29) is 46.7 Å². The predicted octanol–water partition coefficient (Wildman–Crippen LogP) is 6.07. The Hall–Kier alpha value is -3.50. The van der Waals surface area contributed by atoms with Crippen LogP contribution in [0.25, 0.3) is 11.3 Å². The average molecular weight is 632 g/mol. The molecule has 1 aliphatic carbocycles. The number of likely N-dealkylation sites (tertiary alicyclic amines) is 1. The van der Waals surface area contributed by atoms with Crippen LogP contribution in [0.4, 0.5) is 5.95 Å². The molecule has 9 nitrogen and oxygen atoms in total. The van der Waals surface area contributed by atoms with Gasteiger partial charge in [0, 0.05) is 35.8 Å². The van der Waals surface area contributed by atoms with Crippen LogP contribution in [-0.4, -0.2) is 71.9 Å². The van der Waals surface area contributed by atoms with Crippen LogP contribution in [0, 0.1) is 25.2 Å². The Balaban J connectivity index is 1.43. The highest BCUT2D eigenvalue weighted by atomic mass is 32.2. The van der Waals surface area contributed by atoms with E-state index in [0.717, 1.165) is 55.5 Å². The summed E-state index contributed by atoms with van der Waals surface area (Å²) in [5.74, 6) is 0.338. The number of nitrogens with one attached hydrogen (secondary N) is 1. The van der Waals surface area contributed by atoms with Crippen molar-refractivity contribution in [3.8, 4) is 17.1 Å². The molecule has 3 aliphatic rings. The number of carbonyl (C=O) groups is 1. The third-order valence-electron chi connectivity index (χ3n) is 9.78. The molecule has 1 aromatic heterocycles. The molecule has 1 atom stereocenters. The van der Waals surface area contributed by atoms with Crippen molar-refractivity contribution in [1.29, 1.82) is 0 Å². The van der Waals surface area contributed by atoms with Crippen molar-refractivity contribution >= 4 is 21.9 Å². The first kappa shape index (κ1) is 31.5. The Morgan fingerprint density at radius 3 is 2.40 bits per heavy atom. The van der Waals surface area contributed by atoms with Gasteiger partial charge in [0.1, 0.15) is 6.61 Å². The van der Waals surface area contributed by atoms with Gasteiger partial charge in [0.25, 0.3) is 15.9 Å². The topological polar surface area (TPSA) is 105 Å². The zero-order chi connectivity index (χ0) is 32.1. The van der Waals surface area contributed by atoms with Crippen LogP contribution in [0.2, 0.25) is 0 Å². The minimum atomic E-state index is -4.10. The van der Waals surface area contributed by atoms with Gasteiger partial charge in [-0.3, -0.25) is 4.79 Å². The van der Waals surface area contributed by atoms with Crippen LogP contribution < -0.4 is 9.46 Å². The standard InChI is InChI=1S/C35H45N5O4S/c1-22(2)15-27-20-44-31-17-30(32-24(5)9-7-10-25(32)6)36-34(37-31)38-45(42,43)29-12-8-11-26(16-29)33(41)40(27)28-18-35(19-28)13-14-39(21-35)23(3)4/h7-12,16-17,22-23,27-28H,13-15,18-21H2,1-6H3,(H,36,37,38)/t27-,28?,35?/m1/s1. The Morgan fingerprint density at radius 2 is 1.73 bits per heavy atom. The number of fused-ring (bicyclic) bond motifs is 4. The number of aryl methyl sites for hydroxylation is 2. The second-order valence-electron chi connectivity index (χ2n) is 14.0. The molecule has 10 heteroatoms. The van der Waals surface area contributed by atoms with Crippen LogP contribution >= 0.6 is 0 Å². The monoisotopic (exact) mass is 631 g/mol. The Bertz CT molecular complexity index is 1680. The fourth-order valence-electron chi connectivity index (χ4n) is 7.51. The Morgan fingerprint density at radius 1 is 1.02 bits per heavy atom. The summed E-state index contributed by atoms with van der Waals surface area (Å²) in [6, 6.07) is 14.4. The fourth-order valence-corrected chi connectivity index (χ4v) is 8.50. The van der Waals surface area contributed by atoms with Crippen LogP contribution in [-0.2, 0) is 10.0 Å². The Kier molecular flexibility index (Phi) is 8.41. The van der Waals surface area contributed by atoms with E-state index in [1.54, 1.807) is 18.2 Å². The number of anilines is 1. The van der Waals surface area contributed by atoms with Gasteiger partial charge in [-0.1, -0.05) is 38.1 Å². The summed E-state index contributed by atoms with van der Waals surface area (Å²) in [6.07, 6.45) is 3.75. The molecule has 240 valence electrons. The van der Waals surface area contributed by atoms with Crippen LogP contribution in [0.3, 0.4) is 0 Å². The first-order valence-electron chi connectivity index (χ1n) is 16.1. The number of carbonyl (C=O) groups excluding carboxylic acids is 1. The molecule has 0 unspecified atom stereocenters. The van der Waals surface area contributed by atoms with Crippen LogP contribution in [0.1, 0.15) is 74.9 Å². The molecule has 1 N–H and O–H groups in total. The van der Waals surface area contributed by atoms with Gasteiger partial charge in [-0.25, -0.2) is 18.1 Å². The lowest BCUT2D eigenvalue weighted by Gasteiger charge is -2.52. The van der Waals surface area contributed by atoms with E-state index in [4.69, 9.17) is 4.74 Å². The summed E-state index contributed by atoms with van der Waals surface area (Å²) in [4.78, 5) is 28.1. The molecule has 1 saturated carbocycles. The maximum atomic E-state index is 14.4. The molecular formula is C35H45N5O4S. The number of benzene rings is 2. The smallest absolute Gasteiger partial charge is 0.264 e. The summed E-state index contributed by atoms with van der Waals surface area (Å²) >= 11 is 0. The number of sulfonamides is 1. The van der Waals surface area contributed by atoms with Crippen molar-refractivity contribution in [1.82, 2.24) is 19.8 Å². The number of rotatable bonds is 5. The van der Waals surface area contributed by atoms with E-state index in [1.165, 1.54) is 12.1 Å². The highest BCUT2D eigenvalue weighted by Crippen LogP contribution is 2.51. The van der Waals surface area contributed by atoms with Crippen LogP contribution in [0.5, 0.6) is 5.88 Å². The molecule has 2 fully saturated rings. The number of hydrogen-bond acceptors (Lipinski definition) is 7. The van der Waals surface area contributed by atoms with E-state index in [9.17, 15) is 13.2 Å². The Labute approximate surface area is 267 Å². The number of nitrogens with zero attached hydrogens (tertiary/aromatic N) is 4. The van der Waals surface area contributed by atoms with E-state index >= 15 is 0 Å². The number of ether oxygens (including phenoxy) is 1. The van der Waals surface area contributed by atoms with Gasteiger partial charge in [0.2, 0.25) is 11.8 Å². The van der Waals surface area contributed by atoms with Gasteiger partial charge in [-0.2, -0.15) is 4.98 Å². The van der Waals surface area contributed by atoms with Crippen molar-refractivity contribution in [3.63, 3.8) is 0 Å². The number of amides is 1. The number of hydrogen-bond donors (Lipinski definition) is 1. The molecule has 6 rings (SSSR count). The van der Waals surface area contributed by atoms with E-state index < -0.39 is 10.0 Å². The van der Waals surface area contributed by atoms with Gasteiger partial charge in [-0.15, -0.1) is 0 Å². The van der Waals surface area contributed by atoms with Crippen molar-refractivity contribution in [2.45, 2.75) is 90.2 Å². The molecule has 3 aromatic rings. The predicted molar refractivity (Wildman–Crippen MR) is 176 cm³/mol. The summed E-state index contributed by atoms with van der Waals surface area (Å²) in [5, 5.41) is 0. The SMILES string of the molecule is Cc1cccc(C)c1-c1cc2nc(n1)NS(=O)(=O)c1cccc(c1)C(=O)N(C1CC3(CCN(C(C)C)C3)C1)[C@H](CC(C)C)CO2. The highest BCUT2D eigenvalue weighted by molar-refractivity contribution is 7.92. The van der Waals surface area contributed by atoms with E-state index in [1.807, 2.05) is 36.9 Å². The van der Waals surface area contributed by atoms with Crippen molar-refractivity contribution in [3.05, 3.63) is 65.2 Å². The highest BCUT2D eigenvalue weighted by Gasteiger charge is 2.52. The van der Waals surface area contributed by atoms with Crippen molar-refractivity contribution < 1.29 is 17.9 Å². The molecule has 45 heavy (non-hydrogen) atoms. The second-order valence-corrected chi connectivity index (χ2v) is 15.7. The molecular weight excluding hydrogens is 586 g/mol. The molecule has 1 spiro atoms. The quantitative estimate of drug-likeness (QED) is 0.364. The maximum Gasteiger partial charge on any atom is 0.264 e. The van der Waals surface area contributed by atoms with Gasteiger partial charge in [-0.05, 0) is 101 Å². The van der Waals surface area contributed by atoms with Gasteiger partial charge in [0.05, 0.1) is 16.6 Å². The second kappa shape index (κ2) is 12.0. The normalized spacial score (nSPS) is 24.9. The molecule has 1 amide bonds. The minimum absolute atomic E-state index is 0.00931. The molecule has 2 aromatic carbocycles. The molecule has 1 saturated heterocycles. The molecule has 0 radical (unpaired) electrons. The van der Waals surface area contributed by atoms with Crippen molar-refractivity contribution in [2.75, 3.05) is 24.4 Å². The molecule has 3 heterocycles. The minimum Gasteiger partial charge on any atom is -0.475 e. The fraction of sp³-hybridized carbons (Fsp3) is 0.514. The molecule has 2 aliphatic heterocycles.